The van der Waals surface area contributed by atoms with Crippen molar-refractivity contribution in [2.24, 2.45) is 0 Å². The molecule has 0 spiro atoms. The van der Waals surface area contributed by atoms with Gasteiger partial charge >= 0.3 is 11.1 Å². The van der Waals surface area contributed by atoms with Crippen LogP contribution in [0.5, 0.6) is 0 Å². The summed E-state index contributed by atoms with van der Waals surface area (Å²) in [7, 11) is 0. The summed E-state index contributed by atoms with van der Waals surface area (Å²) in [6.45, 7) is 0. The van der Waals surface area contributed by atoms with Gasteiger partial charge in [-0.2, -0.15) is 0 Å². The SMILES string of the molecule is O=C(Cc1ccccc1)Nc1c(Cl)c(Cl)cc2[nH]c(=O)c(=O)[nH]c12. The molecule has 0 bridgehead atoms. The van der Waals surface area contributed by atoms with Gasteiger partial charge in [-0.05, 0) is 11.6 Å². The van der Waals surface area contributed by atoms with Crippen molar-refractivity contribution in [3.8, 4) is 0 Å². The van der Waals surface area contributed by atoms with Crippen LogP contribution in [-0.2, 0) is 11.2 Å². The van der Waals surface area contributed by atoms with Crippen molar-refractivity contribution in [2.75, 3.05) is 5.32 Å². The zero-order valence-electron chi connectivity index (χ0n) is 12.2. The summed E-state index contributed by atoms with van der Waals surface area (Å²) < 4.78 is 0. The molecule has 122 valence electrons. The lowest BCUT2D eigenvalue weighted by molar-refractivity contribution is -0.115. The number of hydrogen-bond acceptors (Lipinski definition) is 3. The zero-order chi connectivity index (χ0) is 17.3. The molecular formula is C16H11Cl2N3O3. The van der Waals surface area contributed by atoms with Crippen molar-refractivity contribution in [1.29, 1.82) is 0 Å². The number of fused-ring (bicyclic) bond motifs is 1. The number of halogens is 2. The molecule has 6 nitrogen and oxygen atoms in total. The minimum Gasteiger partial charge on any atom is -0.323 e. The van der Waals surface area contributed by atoms with E-state index in [0.717, 1.165) is 5.56 Å². The number of hydrogen-bond donors (Lipinski definition) is 3. The molecule has 3 rings (SSSR count). The van der Waals surface area contributed by atoms with Gasteiger partial charge in [0.15, 0.2) is 0 Å². The maximum atomic E-state index is 12.3. The number of H-pyrrole nitrogens is 2. The fourth-order valence-corrected chi connectivity index (χ4v) is 2.69. The highest BCUT2D eigenvalue weighted by molar-refractivity contribution is 6.45. The average molecular weight is 364 g/mol. The van der Waals surface area contributed by atoms with Crippen LogP contribution in [0.25, 0.3) is 11.0 Å². The van der Waals surface area contributed by atoms with Crippen LogP contribution in [0.15, 0.2) is 46.0 Å². The van der Waals surface area contributed by atoms with Crippen LogP contribution in [0, 0.1) is 0 Å². The minimum absolute atomic E-state index is 0.0771. The van der Waals surface area contributed by atoms with E-state index >= 15 is 0 Å². The molecule has 1 amide bonds. The molecule has 24 heavy (non-hydrogen) atoms. The molecule has 0 unspecified atom stereocenters. The summed E-state index contributed by atoms with van der Waals surface area (Å²) in [4.78, 5) is 40.1. The van der Waals surface area contributed by atoms with Crippen LogP contribution in [0.1, 0.15) is 5.56 Å². The van der Waals surface area contributed by atoms with E-state index in [4.69, 9.17) is 23.2 Å². The molecule has 0 saturated heterocycles. The average Bonchev–Trinajstić information content (AvgIpc) is 2.55. The molecule has 3 aromatic rings. The third-order valence-electron chi connectivity index (χ3n) is 3.38. The van der Waals surface area contributed by atoms with Crippen LogP contribution < -0.4 is 16.4 Å². The number of amides is 1. The summed E-state index contributed by atoms with van der Waals surface area (Å²) in [6, 6.07) is 10.5. The van der Waals surface area contributed by atoms with Gasteiger partial charge in [-0.1, -0.05) is 53.5 Å². The van der Waals surface area contributed by atoms with Gasteiger partial charge in [-0.3, -0.25) is 14.4 Å². The summed E-state index contributed by atoms with van der Waals surface area (Å²) in [5.74, 6) is -0.335. The molecular weight excluding hydrogens is 353 g/mol. The molecule has 1 heterocycles. The van der Waals surface area contributed by atoms with E-state index in [1.807, 2.05) is 30.3 Å². The van der Waals surface area contributed by atoms with Crippen LogP contribution in [0.3, 0.4) is 0 Å². The Morgan fingerprint density at radius 3 is 2.42 bits per heavy atom. The van der Waals surface area contributed by atoms with Gasteiger partial charge in [0, 0.05) is 0 Å². The Labute approximate surface area is 145 Å². The fraction of sp³-hybridized carbons (Fsp3) is 0.0625. The standard InChI is InChI=1S/C16H11Cl2N3O3/c17-9-7-10-13(21-16(24)15(23)19-10)14(12(9)18)20-11(22)6-8-4-2-1-3-5-8/h1-5,7H,6H2,(H,19,23)(H,20,22)(H,21,24). The summed E-state index contributed by atoms with van der Waals surface area (Å²) >= 11 is 12.2. The lowest BCUT2D eigenvalue weighted by atomic mass is 10.1. The van der Waals surface area contributed by atoms with Crippen molar-refractivity contribution in [2.45, 2.75) is 6.42 Å². The molecule has 2 aromatic carbocycles. The van der Waals surface area contributed by atoms with Crippen molar-refractivity contribution in [3.05, 3.63) is 72.7 Å². The Morgan fingerprint density at radius 1 is 1.04 bits per heavy atom. The second-order valence-electron chi connectivity index (χ2n) is 5.09. The van der Waals surface area contributed by atoms with Gasteiger partial charge in [-0.25, -0.2) is 0 Å². The van der Waals surface area contributed by atoms with E-state index in [0.29, 0.717) is 0 Å². The monoisotopic (exact) mass is 363 g/mol. The largest absolute Gasteiger partial charge is 0.323 e. The second kappa shape index (κ2) is 6.51. The lowest BCUT2D eigenvalue weighted by Crippen LogP contribution is -2.29. The molecule has 0 aliphatic heterocycles. The lowest BCUT2D eigenvalue weighted by Gasteiger charge is -2.12. The predicted octanol–water partition coefficient (Wildman–Crippen LogP) is 2.70. The van der Waals surface area contributed by atoms with Gasteiger partial charge in [0.25, 0.3) is 0 Å². The van der Waals surface area contributed by atoms with Crippen molar-refractivity contribution in [3.63, 3.8) is 0 Å². The van der Waals surface area contributed by atoms with E-state index in [9.17, 15) is 14.4 Å². The Hall–Kier alpha value is -2.57. The maximum Gasteiger partial charge on any atom is 0.314 e. The summed E-state index contributed by atoms with van der Waals surface area (Å²) in [6.07, 6.45) is 0.124. The predicted molar refractivity (Wildman–Crippen MR) is 94.0 cm³/mol. The molecule has 0 saturated carbocycles. The van der Waals surface area contributed by atoms with E-state index in [2.05, 4.69) is 15.3 Å². The first kappa shape index (κ1) is 16.3. The number of anilines is 1. The topological polar surface area (TPSA) is 94.8 Å². The quantitative estimate of drug-likeness (QED) is 0.624. The highest BCUT2D eigenvalue weighted by atomic mass is 35.5. The van der Waals surface area contributed by atoms with Crippen LogP contribution in [0.2, 0.25) is 10.0 Å². The Balaban J connectivity index is 2.03. The summed E-state index contributed by atoms with van der Waals surface area (Å²) in [5, 5.41) is 2.86. The number of aromatic amines is 2. The van der Waals surface area contributed by atoms with Gasteiger partial charge in [0.1, 0.15) is 0 Å². The third kappa shape index (κ3) is 3.20. The van der Waals surface area contributed by atoms with Gasteiger partial charge in [0.05, 0.1) is 33.2 Å². The minimum atomic E-state index is -0.848. The zero-order valence-corrected chi connectivity index (χ0v) is 13.7. The maximum absolute atomic E-state index is 12.3. The first-order chi connectivity index (χ1) is 11.5. The van der Waals surface area contributed by atoms with Gasteiger partial charge < -0.3 is 15.3 Å². The van der Waals surface area contributed by atoms with Gasteiger partial charge in [-0.15, -0.1) is 0 Å². The molecule has 0 radical (unpaired) electrons. The molecule has 1 aromatic heterocycles. The molecule has 8 heteroatoms. The second-order valence-corrected chi connectivity index (χ2v) is 5.87. The normalized spacial score (nSPS) is 10.8. The van der Waals surface area contributed by atoms with Crippen LogP contribution in [-0.4, -0.2) is 15.9 Å². The summed E-state index contributed by atoms with van der Waals surface area (Å²) in [5.41, 5.74) is -0.228. The molecule has 3 N–H and O–H groups in total. The van der Waals surface area contributed by atoms with Crippen molar-refractivity contribution >= 4 is 45.8 Å². The van der Waals surface area contributed by atoms with E-state index in [-0.39, 0.29) is 39.1 Å². The van der Waals surface area contributed by atoms with Gasteiger partial charge in [0.2, 0.25) is 5.91 Å². The van der Waals surface area contributed by atoms with Crippen LogP contribution in [0.4, 0.5) is 5.69 Å². The highest BCUT2D eigenvalue weighted by Crippen LogP contribution is 2.35. The number of aromatic nitrogens is 2. The van der Waals surface area contributed by atoms with Crippen LogP contribution >= 0.6 is 23.2 Å². The molecule has 0 aliphatic rings. The van der Waals surface area contributed by atoms with Crippen molar-refractivity contribution < 1.29 is 4.79 Å². The third-order valence-corrected chi connectivity index (χ3v) is 4.17. The number of carbonyl (C=O) groups is 1. The number of rotatable bonds is 3. The number of benzene rings is 2. The van der Waals surface area contributed by atoms with Crippen molar-refractivity contribution in [1.82, 2.24) is 9.97 Å². The first-order valence-corrected chi connectivity index (χ1v) is 7.69. The van der Waals surface area contributed by atoms with E-state index < -0.39 is 11.1 Å². The molecule has 0 fully saturated rings. The fourth-order valence-electron chi connectivity index (χ4n) is 2.29. The smallest absolute Gasteiger partial charge is 0.314 e. The Kier molecular flexibility index (Phi) is 4.42. The Bertz CT molecular complexity index is 1040. The molecule has 0 aliphatic carbocycles. The molecule has 0 atom stereocenters. The first-order valence-electron chi connectivity index (χ1n) is 6.94. The van der Waals surface area contributed by atoms with E-state index in [1.165, 1.54) is 6.07 Å². The number of nitrogens with one attached hydrogen (secondary N) is 3. The Morgan fingerprint density at radius 2 is 1.71 bits per heavy atom. The highest BCUT2D eigenvalue weighted by Gasteiger charge is 2.16. The number of carbonyl (C=O) groups excluding carboxylic acids is 1. The van der Waals surface area contributed by atoms with E-state index in [1.54, 1.807) is 0 Å².